The summed E-state index contributed by atoms with van der Waals surface area (Å²) in [6.07, 6.45) is 0. The number of halogens is 3. The Kier molecular flexibility index (Phi) is 3.98. The zero-order chi connectivity index (χ0) is 14.8. The quantitative estimate of drug-likeness (QED) is 0.882. The van der Waals surface area contributed by atoms with Gasteiger partial charge in [-0.25, -0.2) is 0 Å². The monoisotopic (exact) mass is 303 g/mol. The lowest BCUT2D eigenvalue weighted by molar-refractivity contribution is -0.0328. The molecular formula is C11H8F3N3O2S. The van der Waals surface area contributed by atoms with E-state index in [0.717, 1.165) is 6.07 Å². The van der Waals surface area contributed by atoms with Crippen LogP contribution in [-0.4, -0.2) is 21.6 Å². The van der Waals surface area contributed by atoms with Gasteiger partial charge >= 0.3 is 11.5 Å². The average Bonchev–Trinajstić information content (AvgIpc) is 2.73. The van der Waals surface area contributed by atoms with Gasteiger partial charge in [0.05, 0.1) is 0 Å². The molecule has 1 amide bonds. The molecule has 1 heterocycles. The van der Waals surface area contributed by atoms with E-state index in [4.69, 9.17) is 4.42 Å². The second kappa shape index (κ2) is 5.53. The number of hydrogen-bond acceptors (Lipinski definition) is 5. The zero-order valence-corrected chi connectivity index (χ0v) is 10.9. The van der Waals surface area contributed by atoms with Gasteiger partial charge in [0, 0.05) is 17.4 Å². The molecule has 5 nitrogen and oxygen atoms in total. The zero-order valence-electron chi connectivity index (χ0n) is 10.1. The van der Waals surface area contributed by atoms with Crippen molar-refractivity contribution in [2.45, 2.75) is 17.3 Å². The van der Waals surface area contributed by atoms with E-state index in [2.05, 4.69) is 15.5 Å². The molecule has 0 saturated carbocycles. The maximum Gasteiger partial charge on any atom is 0.446 e. The largest absolute Gasteiger partial charge is 0.446 e. The van der Waals surface area contributed by atoms with Gasteiger partial charge in [-0.05, 0) is 30.0 Å². The molecule has 0 aliphatic heterocycles. The summed E-state index contributed by atoms with van der Waals surface area (Å²) < 4.78 is 41.7. The molecule has 1 N–H and O–H groups in total. The minimum absolute atomic E-state index is 0.0649. The average molecular weight is 303 g/mol. The Morgan fingerprint density at radius 3 is 2.70 bits per heavy atom. The standard InChI is InChI=1S/C11H8F3N3O2S/c1-6-16-17-10(19-6)15-9(18)7-3-2-4-8(5-7)20-11(12,13)14/h2-5H,1H3,(H,15,17,18). The number of benzene rings is 1. The normalized spacial score (nSPS) is 11.4. The first kappa shape index (κ1) is 14.4. The van der Waals surface area contributed by atoms with E-state index in [0.29, 0.717) is 0 Å². The highest BCUT2D eigenvalue weighted by molar-refractivity contribution is 8.00. The predicted molar refractivity (Wildman–Crippen MR) is 65.3 cm³/mol. The number of thioether (sulfide) groups is 1. The Hall–Kier alpha value is -2.03. The molecule has 106 valence electrons. The van der Waals surface area contributed by atoms with E-state index in [9.17, 15) is 18.0 Å². The first-order chi connectivity index (χ1) is 9.33. The molecule has 2 aromatic rings. The molecule has 0 saturated heterocycles. The molecule has 9 heteroatoms. The number of aryl methyl sites for hydroxylation is 1. The molecule has 0 spiro atoms. The number of alkyl halides is 3. The van der Waals surface area contributed by atoms with Crippen LogP contribution in [0.1, 0.15) is 16.2 Å². The van der Waals surface area contributed by atoms with Gasteiger partial charge in [0.15, 0.2) is 0 Å². The Labute approximate surface area is 115 Å². The number of carbonyl (C=O) groups excluding carboxylic acids is 1. The van der Waals surface area contributed by atoms with E-state index >= 15 is 0 Å². The highest BCUT2D eigenvalue weighted by Gasteiger charge is 2.29. The molecule has 1 aromatic heterocycles. The molecule has 0 fully saturated rings. The third-order valence-corrected chi connectivity index (χ3v) is 2.80. The van der Waals surface area contributed by atoms with Crippen LogP contribution in [0, 0.1) is 6.92 Å². The predicted octanol–water partition coefficient (Wildman–Crippen LogP) is 3.24. The molecule has 0 aliphatic rings. The van der Waals surface area contributed by atoms with E-state index in [-0.39, 0.29) is 34.1 Å². The summed E-state index contributed by atoms with van der Waals surface area (Å²) in [5, 5.41) is 9.37. The lowest BCUT2D eigenvalue weighted by Crippen LogP contribution is -2.12. The highest BCUT2D eigenvalue weighted by atomic mass is 32.2. The molecule has 0 bridgehead atoms. The van der Waals surface area contributed by atoms with Gasteiger partial charge in [-0.1, -0.05) is 11.2 Å². The van der Waals surface area contributed by atoms with E-state index < -0.39 is 11.4 Å². The van der Waals surface area contributed by atoms with Crippen molar-refractivity contribution in [2.24, 2.45) is 0 Å². The van der Waals surface area contributed by atoms with Crippen LogP contribution in [0.25, 0.3) is 0 Å². The van der Waals surface area contributed by atoms with E-state index in [1.54, 1.807) is 6.92 Å². The topological polar surface area (TPSA) is 68.0 Å². The Morgan fingerprint density at radius 2 is 2.10 bits per heavy atom. The van der Waals surface area contributed by atoms with Crippen molar-refractivity contribution in [3.05, 3.63) is 35.7 Å². The van der Waals surface area contributed by atoms with Crippen LogP contribution in [0.4, 0.5) is 19.2 Å². The van der Waals surface area contributed by atoms with Gasteiger partial charge in [0.1, 0.15) is 0 Å². The summed E-state index contributed by atoms with van der Waals surface area (Å²) in [7, 11) is 0. The second-order valence-electron chi connectivity index (χ2n) is 3.66. The fourth-order valence-corrected chi connectivity index (χ4v) is 1.95. The fourth-order valence-electron chi connectivity index (χ4n) is 1.35. The van der Waals surface area contributed by atoms with Crippen LogP contribution in [0.3, 0.4) is 0 Å². The lowest BCUT2D eigenvalue weighted by Gasteiger charge is -2.06. The Balaban J connectivity index is 2.12. The fraction of sp³-hybridized carbons (Fsp3) is 0.182. The van der Waals surface area contributed by atoms with Crippen molar-refractivity contribution in [3.8, 4) is 0 Å². The molecule has 1 aromatic carbocycles. The van der Waals surface area contributed by atoms with Crippen LogP contribution >= 0.6 is 11.8 Å². The Morgan fingerprint density at radius 1 is 1.35 bits per heavy atom. The molecule has 2 rings (SSSR count). The minimum Gasteiger partial charge on any atom is -0.408 e. The number of rotatable bonds is 3. The first-order valence-electron chi connectivity index (χ1n) is 5.31. The van der Waals surface area contributed by atoms with Crippen molar-refractivity contribution in [1.82, 2.24) is 10.2 Å². The molecule has 0 unspecified atom stereocenters. The summed E-state index contributed by atoms with van der Waals surface area (Å²) in [6, 6.07) is 5.05. The van der Waals surface area contributed by atoms with Crippen LogP contribution in [0.15, 0.2) is 33.6 Å². The van der Waals surface area contributed by atoms with Crippen molar-refractivity contribution >= 4 is 23.7 Å². The summed E-state index contributed by atoms with van der Waals surface area (Å²) in [4.78, 5) is 11.7. The van der Waals surface area contributed by atoms with Crippen molar-refractivity contribution in [2.75, 3.05) is 5.32 Å². The maximum atomic E-state index is 12.3. The molecule has 0 atom stereocenters. The minimum atomic E-state index is -4.40. The number of amides is 1. The molecule has 20 heavy (non-hydrogen) atoms. The summed E-state index contributed by atoms with van der Waals surface area (Å²) >= 11 is -0.289. The third-order valence-electron chi connectivity index (χ3n) is 2.08. The van der Waals surface area contributed by atoms with Gasteiger partial charge in [0.2, 0.25) is 5.89 Å². The number of nitrogens with one attached hydrogen (secondary N) is 1. The van der Waals surface area contributed by atoms with Gasteiger partial charge in [-0.2, -0.15) is 13.2 Å². The maximum absolute atomic E-state index is 12.3. The van der Waals surface area contributed by atoms with Crippen molar-refractivity contribution in [1.29, 1.82) is 0 Å². The van der Waals surface area contributed by atoms with Crippen LogP contribution < -0.4 is 5.32 Å². The summed E-state index contributed by atoms with van der Waals surface area (Å²) in [5.74, 6) is -0.361. The Bertz CT molecular complexity index is 627. The van der Waals surface area contributed by atoms with Crippen molar-refractivity contribution < 1.29 is 22.4 Å². The lowest BCUT2D eigenvalue weighted by atomic mass is 10.2. The van der Waals surface area contributed by atoms with Gasteiger partial charge in [-0.15, -0.1) is 5.10 Å². The van der Waals surface area contributed by atoms with Crippen LogP contribution in [-0.2, 0) is 0 Å². The van der Waals surface area contributed by atoms with Gasteiger partial charge in [-0.3, -0.25) is 10.1 Å². The molecule has 0 aliphatic carbocycles. The van der Waals surface area contributed by atoms with Gasteiger partial charge in [0.25, 0.3) is 5.91 Å². The number of carbonyl (C=O) groups is 1. The van der Waals surface area contributed by atoms with Gasteiger partial charge < -0.3 is 4.42 Å². The van der Waals surface area contributed by atoms with Crippen LogP contribution in [0.5, 0.6) is 0 Å². The number of nitrogens with zero attached hydrogens (tertiary/aromatic N) is 2. The van der Waals surface area contributed by atoms with Crippen LogP contribution in [0.2, 0.25) is 0 Å². The molecule has 0 radical (unpaired) electrons. The number of hydrogen-bond donors (Lipinski definition) is 1. The third kappa shape index (κ3) is 3.98. The molecular weight excluding hydrogens is 295 g/mol. The summed E-state index contributed by atoms with van der Waals surface area (Å²) in [6.45, 7) is 1.54. The smallest absolute Gasteiger partial charge is 0.408 e. The van der Waals surface area contributed by atoms with Crippen molar-refractivity contribution in [3.63, 3.8) is 0 Å². The first-order valence-corrected chi connectivity index (χ1v) is 6.12. The number of anilines is 1. The van der Waals surface area contributed by atoms with E-state index in [1.807, 2.05) is 0 Å². The summed E-state index contributed by atoms with van der Waals surface area (Å²) in [5.41, 5.74) is -4.34. The number of aromatic nitrogens is 2. The highest BCUT2D eigenvalue weighted by Crippen LogP contribution is 2.36. The second-order valence-corrected chi connectivity index (χ2v) is 4.79. The van der Waals surface area contributed by atoms with E-state index in [1.165, 1.54) is 18.2 Å². The SMILES string of the molecule is Cc1nnc(NC(=O)c2cccc(SC(F)(F)F)c2)o1.